The van der Waals surface area contributed by atoms with Crippen molar-refractivity contribution in [3.63, 3.8) is 0 Å². The Labute approximate surface area is 115 Å². The molecule has 0 atom stereocenters. The molecule has 2 nitrogen and oxygen atoms in total. The van der Waals surface area contributed by atoms with E-state index in [2.05, 4.69) is 30.4 Å². The Bertz CT molecular complexity index is 505. The molecule has 2 N–H and O–H groups in total. The Hall–Kier alpha value is -2.48. The molecule has 19 heavy (non-hydrogen) atoms. The SMILES string of the molecule is C=C/C=C(\C=C)Nc1ccc(NC(=C)/C=C\C)cc1. The first-order valence-electron chi connectivity index (χ1n) is 6.10. The molecular formula is C17H20N2. The van der Waals surface area contributed by atoms with Gasteiger partial charge in [-0.05, 0) is 49.4 Å². The number of hydrogen-bond donors (Lipinski definition) is 2. The molecule has 0 aliphatic heterocycles. The highest BCUT2D eigenvalue weighted by Crippen LogP contribution is 2.17. The van der Waals surface area contributed by atoms with Crippen molar-refractivity contribution in [2.75, 3.05) is 10.6 Å². The van der Waals surface area contributed by atoms with Gasteiger partial charge in [0.1, 0.15) is 0 Å². The lowest BCUT2D eigenvalue weighted by atomic mass is 10.2. The van der Waals surface area contributed by atoms with Gasteiger partial charge in [-0.2, -0.15) is 0 Å². The highest BCUT2D eigenvalue weighted by atomic mass is 14.9. The Balaban J connectivity index is 2.71. The van der Waals surface area contributed by atoms with Crippen LogP contribution in [0.4, 0.5) is 11.4 Å². The first kappa shape index (κ1) is 14.6. The Morgan fingerprint density at radius 1 is 1.05 bits per heavy atom. The van der Waals surface area contributed by atoms with Crippen LogP contribution < -0.4 is 10.6 Å². The van der Waals surface area contributed by atoms with Crippen LogP contribution in [0.1, 0.15) is 6.92 Å². The molecule has 0 fully saturated rings. The summed E-state index contributed by atoms with van der Waals surface area (Å²) in [5.41, 5.74) is 3.77. The van der Waals surface area contributed by atoms with Crippen molar-refractivity contribution in [3.05, 3.63) is 85.8 Å². The lowest BCUT2D eigenvalue weighted by Crippen LogP contribution is -1.98. The molecule has 0 aromatic heterocycles. The number of benzene rings is 1. The fourth-order valence-corrected chi connectivity index (χ4v) is 1.52. The summed E-state index contributed by atoms with van der Waals surface area (Å²) in [6.45, 7) is 13.3. The summed E-state index contributed by atoms with van der Waals surface area (Å²) >= 11 is 0. The van der Waals surface area contributed by atoms with E-state index in [0.29, 0.717) is 0 Å². The van der Waals surface area contributed by atoms with Gasteiger partial charge in [0.15, 0.2) is 0 Å². The largest absolute Gasteiger partial charge is 0.356 e. The number of nitrogens with one attached hydrogen (secondary N) is 2. The molecule has 1 aromatic rings. The van der Waals surface area contributed by atoms with E-state index < -0.39 is 0 Å². The van der Waals surface area contributed by atoms with Gasteiger partial charge in [-0.3, -0.25) is 0 Å². The molecule has 0 aliphatic rings. The van der Waals surface area contributed by atoms with Crippen molar-refractivity contribution < 1.29 is 0 Å². The summed E-state index contributed by atoms with van der Waals surface area (Å²) in [4.78, 5) is 0. The quantitative estimate of drug-likeness (QED) is 0.677. The number of anilines is 2. The highest BCUT2D eigenvalue weighted by Gasteiger charge is 1.96. The third kappa shape index (κ3) is 5.13. The predicted octanol–water partition coefficient (Wildman–Crippen LogP) is 4.86. The van der Waals surface area contributed by atoms with Crippen molar-refractivity contribution in [1.82, 2.24) is 0 Å². The van der Waals surface area contributed by atoms with Gasteiger partial charge < -0.3 is 10.6 Å². The first-order valence-corrected chi connectivity index (χ1v) is 6.10. The van der Waals surface area contributed by atoms with E-state index in [0.717, 1.165) is 22.8 Å². The zero-order valence-corrected chi connectivity index (χ0v) is 11.3. The highest BCUT2D eigenvalue weighted by molar-refractivity contribution is 5.59. The average molecular weight is 252 g/mol. The fraction of sp³-hybridized carbons (Fsp3) is 0.0588. The molecule has 0 aliphatic carbocycles. The predicted molar refractivity (Wildman–Crippen MR) is 86.1 cm³/mol. The second-order valence-electron chi connectivity index (χ2n) is 3.91. The average Bonchev–Trinajstić information content (AvgIpc) is 2.40. The van der Waals surface area contributed by atoms with E-state index in [1.165, 1.54) is 0 Å². The van der Waals surface area contributed by atoms with Crippen LogP contribution in [0.25, 0.3) is 0 Å². The molecule has 0 unspecified atom stereocenters. The lowest BCUT2D eigenvalue weighted by Gasteiger charge is -2.09. The van der Waals surface area contributed by atoms with Gasteiger partial charge in [0.25, 0.3) is 0 Å². The first-order chi connectivity index (χ1) is 9.19. The van der Waals surface area contributed by atoms with Gasteiger partial charge in [0, 0.05) is 22.8 Å². The number of allylic oxidation sites excluding steroid dienone is 5. The van der Waals surface area contributed by atoms with Gasteiger partial charge in [-0.1, -0.05) is 31.9 Å². The molecule has 0 bridgehead atoms. The Kier molecular flexibility index (Phi) is 5.96. The summed E-state index contributed by atoms with van der Waals surface area (Å²) in [6, 6.07) is 7.97. The van der Waals surface area contributed by atoms with E-state index >= 15 is 0 Å². The third-order valence-corrected chi connectivity index (χ3v) is 2.36. The molecule has 0 saturated carbocycles. The Morgan fingerprint density at radius 3 is 2.11 bits per heavy atom. The van der Waals surface area contributed by atoms with Crippen LogP contribution in [0.2, 0.25) is 0 Å². The van der Waals surface area contributed by atoms with Gasteiger partial charge in [0.2, 0.25) is 0 Å². The van der Waals surface area contributed by atoms with Gasteiger partial charge in [0.05, 0.1) is 0 Å². The number of rotatable bonds is 7. The molecule has 1 rings (SSSR count). The minimum absolute atomic E-state index is 0.863. The topological polar surface area (TPSA) is 24.1 Å². The van der Waals surface area contributed by atoms with Crippen molar-refractivity contribution in [1.29, 1.82) is 0 Å². The van der Waals surface area contributed by atoms with Crippen LogP contribution in [0.5, 0.6) is 0 Å². The monoisotopic (exact) mass is 252 g/mol. The summed E-state index contributed by atoms with van der Waals surface area (Å²) in [5.74, 6) is 0. The van der Waals surface area contributed by atoms with Crippen LogP contribution in [0, 0.1) is 0 Å². The van der Waals surface area contributed by atoms with Crippen molar-refractivity contribution in [3.8, 4) is 0 Å². The molecule has 0 spiro atoms. The van der Waals surface area contributed by atoms with E-state index in [4.69, 9.17) is 0 Å². The maximum absolute atomic E-state index is 3.90. The van der Waals surface area contributed by atoms with Crippen molar-refractivity contribution in [2.24, 2.45) is 0 Å². The second-order valence-corrected chi connectivity index (χ2v) is 3.91. The maximum Gasteiger partial charge on any atom is 0.0385 e. The molecule has 2 heteroatoms. The van der Waals surface area contributed by atoms with Crippen LogP contribution >= 0.6 is 0 Å². The number of hydrogen-bond acceptors (Lipinski definition) is 2. The molecule has 98 valence electrons. The summed E-state index contributed by atoms with van der Waals surface area (Å²) in [5, 5.41) is 6.45. The zero-order chi connectivity index (χ0) is 14.1. The molecule has 0 radical (unpaired) electrons. The Morgan fingerprint density at radius 2 is 1.63 bits per heavy atom. The molecule has 0 saturated heterocycles. The zero-order valence-electron chi connectivity index (χ0n) is 11.3. The maximum atomic E-state index is 3.90. The minimum Gasteiger partial charge on any atom is -0.356 e. The normalized spacial score (nSPS) is 11.1. The van der Waals surface area contributed by atoms with Crippen LogP contribution in [-0.4, -0.2) is 0 Å². The smallest absolute Gasteiger partial charge is 0.0385 e. The standard InChI is InChI=1S/C17H20N2/c1-5-8-14(4)18-16-10-12-17(13-11-16)19-15(7-3)9-6-2/h5-13,18-19H,2-4H2,1H3/b8-5-,15-9+. The lowest BCUT2D eigenvalue weighted by molar-refractivity contribution is 1.45. The van der Waals surface area contributed by atoms with Gasteiger partial charge in [-0.15, -0.1) is 0 Å². The fourth-order valence-electron chi connectivity index (χ4n) is 1.52. The van der Waals surface area contributed by atoms with Crippen LogP contribution in [0.3, 0.4) is 0 Å². The molecular weight excluding hydrogens is 232 g/mol. The van der Waals surface area contributed by atoms with Crippen molar-refractivity contribution >= 4 is 11.4 Å². The van der Waals surface area contributed by atoms with Crippen LogP contribution in [-0.2, 0) is 0 Å². The summed E-state index contributed by atoms with van der Waals surface area (Å²) in [6.07, 6.45) is 9.21. The molecule has 0 heterocycles. The molecule has 0 amide bonds. The third-order valence-electron chi connectivity index (χ3n) is 2.36. The summed E-state index contributed by atoms with van der Waals surface area (Å²) in [7, 11) is 0. The molecule has 1 aromatic carbocycles. The van der Waals surface area contributed by atoms with E-state index in [-0.39, 0.29) is 0 Å². The summed E-state index contributed by atoms with van der Waals surface area (Å²) < 4.78 is 0. The van der Waals surface area contributed by atoms with E-state index in [9.17, 15) is 0 Å². The van der Waals surface area contributed by atoms with Gasteiger partial charge >= 0.3 is 0 Å². The van der Waals surface area contributed by atoms with Gasteiger partial charge in [-0.25, -0.2) is 0 Å². The van der Waals surface area contributed by atoms with Crippen molar-refractivity contribution in [2.45, 2.75) is 6.92 Å². The van der Waals surface area contributed by atoms with E-state index in [1.807, 2.05) is 49.4 Å². The van der Waals surface area contributed by atoms with E-state index in [1.54, 1.807) is 12.2 Å². The minimum atomic E-state index is 0.863. The van der Waals surface area contributed by atoms with Crippen LogP contribution in [0.15, 0.2) is 85.8 Å². The second kappa shape index (κ2) is 7.77.